The van der Waals surface area contributed by atoms with Crippen molar-refractivity contribution in [2.45, 2.75) is 18.9 Å². The number of thiophene rings is 1. The fraction of sp³-hybridized carbons (Fsp3) is 0.333. The van der Waals surface area contributed by atoms with Gasteiger partial charge in [0.2, 0.25) is 0 Å². The number of carboxylic acid groups (broad SMARTS) is 1. The highest BCUT2D eigenvalue weighted by Gasteiger charge is 2.44. The van der Waals surface area contributed by atoms with Gasteiger partial charge in [-0.05, 0) is 36.1 Å². The fourth-order valence-electron chi connectivity index (χ4n) is 2.57. The molecule has 2 aromatic rings. The molecule has 1 unspecified atom stereocenters. The standard InChI is InChI=1S/C15H14FNO4S/c1-8-10-6-9(16)2-3-11(10)22-12(8)13(18)17-15(14(19)20)4-5-21-7-15/h2-3,6H,4-5,7H2,1H3,(H,17,18)(H,19,20). The van der Waals surface area contributed by atoms with E-state index in [1.807, 2.05) is 0 Å². The lowest BCUT2D eigenvalue weighted by molar-refractivity contribution is -0.144. The maximum atomic E-state index is 13.3. The summed E-state index contributed by atoms with van der Waals surface area (Å²) in [4.78, 5) is 24.3. The molecule has 1 aliphatic rings. The molecular formula is C15H14FNO4S. The Bertz CT molecular complexity index is 764. The lowest BCUT2D eigenvalue weighted by Crippen LogP contribution is -2.55. The van der Waals surface area contributed by atoms with Crippen LogP contribution in [0.5, 0.6) is 0 Å². The van der Waals surface area contributed by atoms with Crippen molar-refractivity contribution in [1.82, 2.24) is 5.32 Å². The van der Waals surface area contributed by atoms with Crippen molar-refractivity contribution in [3.8, 4) is 0 Å². The first-order chi connectivity index (χ1) is 10.4. The minimum Gasteiger partial charge on any atom is -0.479 e. The van der Waals surface area contributed by atoms with E-state index in [4.69, 9.17) is 4.74 Å². The van der Waals surface area contributed by atoms with Gasteiger partial charge >= 0.3 is 5.97 Å². The predicted molar refractivity (Wildman–Crippen MR) is 79.8 cm³/mol. The molecule has 1 fully saturated rings. The number of carboxylic acids is 1. The molecule has 1 atom stereocenters. The van der Waals surface area contributed by atoms with Gasteiger partial charge in [0, 0.05) is 17.7 Å². The number of hydrogen-bond donors (Lipinski definition) is 2. The Morgan fingerprint density at radius 2 is 2.23 bits per heavy atom. The monoisotopic (exact) mass is 323 g/mol. The van der Waals surface area contributed by atoms with Gasteiger partial charge in [-0.15, -0.1) is 11.3 Å². The highest BCUT2D eigenvalue weighted by molar-refractivity contribution is 7.21. The molecule has 116 valence electrons. The summed E-state index contributed by atoms with van der Waals surface area (Å²) in [5.74, 6) is -1.94. The number of hydrogen-bond acceptors (Lipinski definition) is 4. The van der Waals surface area contributed by atoms with Crippen LogP contribution in [0.3, 0.4) is 0 Å². The normalized spacial score (nSPS) is 21.2. The number of nitrogens with one attached hydrogen (secondary N) is 1. The third-order valence-electron chi connectivity index (χ3n) is 3.89. The first-order valence-corrected chi connectivity index (χ1v) is 7.57. The highest BCUT2D eigenvalue weighted by atomic mass is 32.1. The van der Waals surface area contributed by atoms with Gasteiger partial charge in [0.15, 0.2) is 5.54 Å². The van der Waals surface area contributed by atoms with Crippen LogP contribution in [0, 0.1) is 12.7 Å². The van der Waals surface area contributed by atoms with E-state index in [-0.39, 0.29) is 18.8 Å². The fourth-order valence-corrected chi connectivity index (χ4v) is 3.65. The summed E-state index contributed by atoms with van der Waals surface area (Å²) >= 11 is 1.22. The zero-order valence-corrected chi connectivity index (χ0v) is 12.6. The van der Waals surface area contributed by atoms with Crippen LogP contribution in [0.15, 0.2) is 18.2 Å². The van der Waals surface area contributed by atoms with Crippen LogP contribution in [0.25, 0.3) is 10.1 Å². The van der Waals surface area contributed by atoms with E-state index in [9.17, 15) is 19.1 Å². The number of carbonyl (C=O) groups excluding carboxylic acids is 1. The first kappa shape index (κ1) is 14.9. The van der Waals surface area contributed by atoms with E-state index >= 15 is 0 Å². The van der Waals surface area contributed by atoms with Crippen LogP contribution in [-0.2, 0) is 9.53 Å². The van der Waals surface area contributed by atoms with E-state index in [0.717, 1.165) is 4.70 Å². The smallest absolute Gasteiger partial charge is 0.331 e. The number of rotatable bonds is 3. The van der Waals surface area contributed by atoms with Crippen LogP contribution < -0.4 is 5.32 Å². The Morgan fingerprint density at radius 3 is 2.86 bits per heavy atom. The van der Waals surface area contributed by atoms with Gasteiger partial charge in [-0.25, -0.2) is 9.18 Å². The summed E-state index contributed by atoms with van der Waals surface area (Å²) in [7, 11) is 0. The topological polar surface area (TPSA) is 75.6 Å². The van der Waals surface area contributed by atoms with Crippen molar-refractivity contribution in [1.29, 1.82) is 0 Å². The van der Waals surface area contributed by atoms with Crippen molar-refractivity contribution in [2.75, 3.05) is 13.2 Å². The van der Waals surface area contributed by atoms with E-state index in [1.54, 1.807) is 13.0 Å². The van der Waals surface area contributed by atoms with Crippen molar-refractivity contribution >= 4 is 33.3 Å². The van der Waals surface area contributed by atoms with Crippen molar-refractivity contribution in [3.05, 3.63) is 34.5 Å². The zero-order chi connectivity index (χ0) is 15.9. The molecule has 1 saturated heterocycles. The molecule has 5 nitrogen and oxygen atoms in total. The molecule has 2 N–H and O–H groups in total. The summed E-state index contributed by atoms with van der Waals surface area (Å²) in [6.45, 7) is 1.97. The SMILES string of the molecule is Cc1c(C(=O)NC2(C(=O)O)CCOC2)sc2ccc(F)cc12. The molecule has 7 heteroatoms. The van der Waals surface area contributed by atoms with Crippen LogP contribution in [0.1, 0.15) is 21.7 Å². The second-order valence-corrected chi connectivity index (χ2v) is 6.39. The maximum absolute atomic E-state index is 13.3. The maximum Gasteiger partial charge on any atom is 0.331 e. The molecule has 1 aromatic carbocycles. The highest BCUT2D eigenvalue weighted by Crippen LogP contribution is 2.32. The minimum atomic E-state index is -1.38. The lowest BCUT2D eigenvalue weighted by Gasteiger charge is -2.23. The Kier molecular flexibility index (Phi) is 3.62. The van der Waals surface area contributed by atoms with Gasteiger partial charge in [-0.1, -0.05) is 0 Å². The van der Waals surface area contributed by atoms with Crippen LogP contribution in [0.2, 0.25) is 0 Å². The first-order valence-electron chi connectivity index (χ1n) is 6.75. The molecule has 0 spiro atoms. The molecule has 1 amide bonds. The average Bonchev–Trinajstić information content (AvgIpc) is 3.06. The summed E-state index contributed by atoms with van der Waals surface area (Å²) in [5, 5.41) is 12.6. The van der Waals surface area contributed by atoms with E-state index in [1.165, 1.54) is 23.5 Å². The molecule has 0 aliphatic carbocycles. The Morgan fingerprint density at radius 1 is 1.45 bits per heavy atom. The van der Waals surface area contributed by atoms with Crippen LogP contribution >= 0.6 is 11.3 Å². The summed E-state index contributed by atoms with van der Waals surface area (Å²) in [5.41, 5.74) is -0.734. The number of benzene rings is 1. The quantitative estimate of drug-likeness (QED) is 0.909. The predicted octanol–water partition coefficient (Wildman–Crippen LogP) is 2.32. The van der Waals surface area contributed by atoms with Gasteiger partial charge in [-0.3, -0.25) is 4.79 Å². The van der Waals surface area contributed by atoms with E-state index in [2.05, 4.69) is 5.32 Å². The molecular weight excluding hydrogens is 309 g/mol. The second kappa shape index (κ2) is 5.33. The third-order valence-corrected chi connectivity index (χ3v) is 5.16. The molecule has 3 rings (SSSR count). The van der Waals surface area contributed by atoms with Crippen molar-refractivity contribution < 1.29 is 23.8 Å². The van der Waals surface area contributed by atoms with Gasteiger partial charge in [0.1, 0.15) is 5.82 Å². The summed E-state index contributed by atoms with van der Waals surface area (Å²) in [6, 6.07) is 4.33. The largest absolute Gasteiger partial charge is 0.479 e. The van der Waals surface area contributed by atoms with E-state index in [0.29, 0.717) is 22.4 Å². The molecule has 1 aliphatic heterocycles. The number of halogens is 1. The lowest BCUT2D eigenvalue weighted by atomic mass is 9.98. The van der Waals surface area contributed by atoms with Crippen molar-refractivity contribution in [2.24, 2.45) is 0 Å². The zero-order valence-electron chi connectivity index (χ0n) is 11.8. The van der Waals surface area contributed by atoms with Gasteiger partial charge in [0.25, 0.3) is 5.91 Å². The third kappa shape index (κ3) is 2.36. The number of aryl methyl sites for hydroxylation is 1. The average molecular weight is 323 g/mol. The minimum absolute atomic E-state index is 0.0490. The number of aliphatic carboxylic acids is 1. The summed E-state index contributed by atoms with van der Waals surface area (Å²) < 4.78 is 19.2. The number of fused-ring (bicyclic) bond motifs is 1. The van der Waals surface area contributed by atoms with E-state index < -0.39 is 17.4 Å². The van der Waals surface area contributed by atoms with Gasteiger partial charge in [0.05, 0.1) is 11.5 Å². The van der Waals surface area contributed by atoms with Gasteiger partial charge in [-0.2, -0.15) is 0 Å². The molecule has 0 saturated carbocycles. The van der Waals surface area contributed by atoms with Crippen LogP contribution in [0.4, 0.5) is 4.39 Å². The van der Waals surface area contributed by atoms with Crippen molar-refractivity contribution in [3.63, 3.8) is 0 Å². The van der Waals surface area contributed by atoms with Gasteiger partial charge < -0.3 is 15.2 Å². The second-order valence-electron chi connectivity index (χ2n) is 5.34. The van der Waals surface area contributed by atoms with Crippen LogP contribution in [-0.4, -0.2) is 35.7 Å². The number of amides is 1. The summed E-state index contributed by atoms with van der Waals surface area (Å²) in [6.07, 6.45) is 0.229. The molecule has 1 aromatic heterocycles. The Labute approximate surface area is 129 Å². The number of ether oxygens (including phenoxy) is 1. The molecule has 22 heavy (non-hydrogen) atoms. The Hall–Kier alpha value is -1.99. The number of carbonyl (C=O) groups is 2. The molecule has 2 heterocycles. The molecule has 0 radical (unpaired) electrons. The molecule has 0 bridgehead atoms. The Balaban J connectivity index is 1.95.